The van der Waals surface area contributed by atoms with E-state index in [9.17, 15) is 0 Å². The molecule has 0 radical (unpaired) electrons. The molecule has 0 aromatic heterocycles. The third kappa shape index (κ3) is 4.45. The first-order valence-electron chi connectivity index (χ1n) is 13.7. The van der Waals surface area contributed by atoms with Crippen LogP contribution in [0, 0.1) is 0 Å². The van der Waals surface area contributed by atoms with E-state index in [1.807, 2.05) is 0 Å². The van der Waals surface area contributed by atoms with E-state index in [-0.39, 0.29) is 12.2 Å². The van der Waals surface area contributed by atoms with Crippen LogP contribution in [0.25, 0.3) is 0 Å². The lowest BCUT2D eigenvalue weighted by atomic mass is 9.84. The summed E-state index contributed by atoms with van der Waals surface area (Å²) in [6, 6.07) is 0. The van der Waals surface area contributed by atoms with Crippen molar-refractivity contribution in [1.29, 1.82) is 0 Å². The van der Waals surface area contributed by atoms with Gasteiger partial charge in [-0.3, -0.25) is 0 Å². The van der Waals surface area contributed by atoms with Gasteiger partial charge in [-0.15, -0.1) is 0 Å². The first kappa shape index (κ1) is 24.5. The Morgan fingerprint density at radius 3 is 1.49 bits per heavy atom. The van der Waals surface area contributed by atoms with Gasteiger partial charge in [0, 0.05) is 63.3 Å². The van der Waals surface area contributed by atoms with Gasteiger partial charge in [-0.1, -0.05) is 0 Å². The summed E-state index contributed by atoms with van der Waals surface area (Å²) >= 11 is 0. The Bertz CT molecular complexity index is 1050. The molecule has 2 atom stereocenters. The Morgan fingerprint density at radius 2 is 1.08 bits per heavy atom. The van der Waals surface area contributed by atoms with Gasteiger partial charge in [-0.2, -0.15) is 0 Å². The fraction of sp³-hybridized carbons (Fsp3) is 0.600. The maximum atomic E-state index is 6.88. The Morgan fingerprint density at radius 1 is 0.622 bits per heavy atom. The van der Waals surface area contributed by atoms with Crippen LogP contribution in [-0.4, -0.2) is 76.6 Å². The zero-order chi connectivity index (χ0) is 25.5. The van der Waals surface area contributed by atoms with Crippen LogP contribution in [0.15, 0.2) is 68.9 Å². The number of fused-ring (bicyclic) bond motifs is 4. The minimum absolute atomic E-state index is 0.263. The van der Waals surface area contributed by atoms with E-state index in [0.717, 1.165) is 101 Å². The van der Waals surface area contributed by atoms with Crippen molar-refractivity contribution >= 4 is 0 Å². The summed E-state index contributed by atoms with van der Waals surface area (Å²) < 4.78 is 29.4. The van der Waals surface area contributed by atoms with Gasteiger partial charge in [0.2, 0.25) is 0 Å². The standard InChI is InChI=1S/C30H40N2O5/c1-33-27-13-19-5-9-31-11-7-21(15-25(31)23(19)17-29(27)35-3)37-22-8-12-32-10-6-20-14-28(34-2)30(36-4)18-24(20)26(32)16-22/h13-14,21-22H,5-12,15-18H2,1-4H3. The first-order chi connectivity index (χ1) is 18.1. The zero-order valence-corrected chi connectivity index (χ0v) is 22.7. The molecule has 2 aliphatic carbocycles. The summed E-state index contributed by atoms with van der Waals surface area (Å²) in [5.74, 6) is 3.59. The molecule has 200 valence electrons. The van der Waals surface area contributed by atoms with Crippen LogP contribution in [0.5, 0.6) is 0 Å². The van der Waals surface area contributed by atoms with Crippen molar-refractivity contribution in [3.8, 4) is 0 Å². The SMILES string of the molecule is COC1=C(OC)CC2=C3CC(OC4CCN5CCC6=CC(OC)=C(OC)CC6=C5C4)CCN3CCC2=C1. The molecular formula is C30H40N2O5. The molecule has 0 amide bonds. The maximum absolute atomic E-state index is 6.88. The minimum Gasteiger partial charge on any atom is -0.497 e. The largest absolute Gasteiger partial charge is 0.497 e. The average Bonchev–Trinajstić information content (AvgIpc) is 2.95. The summed E-state index contributed by atoms with van der Waals surface area (Å²) in [5.41, 5.74) is 8.57. The van der Waals surface area contributed by atoms with Crippen LogP contribution >= 0.6 is 0 Å². The van der Waals surface area contributed by atoms with Gasteiger partial charge in [-0.25, -0.2) is 0 Å². The van der Waals surface area contributed by atoms with Crippen molar-refractivity contribution in [2.75, 3.05) is 54.6 Å². The number of rotatable bonds is 6. The van der Waals surface area contributed by atoms with Crippen molar-refractivity contribution < 1.29 is 23.7 Å². The molecular weight excluding hydrogens is 468 g/mol. The summed E-state index contributed by atoms with van der Waals surface area (Å²) in [4.78, 5) is 5.16. The van der Waals surface area contributed by atoms with Gasteiger partial charge in [0.1, 0.15) is 11.5 Å². The van der Waals surface area contributed by atoms with E-state index in [2.05, 4.69) is 22.0 Å². The predicted molar refractivity (Wildman–Crippen MR) is 141 cm³/mol. The number of hydrogen-bond donors (Lipinski definition) is 0. The molecule has 7 heteroatoms. The quantitative estimate of drug-likeness (QED) is 0.505. The fourth-order valence-electron chi connectivity index (χ4n) is 6.99. The molecule has 4 heterocycles. The second kappa shape index (κ2) is 10.2. The maximum Gasteiger partial charge on any atom is 0.157 e. The third-order valence-electron chi connectivity index (χ3n) is 8.97. The van der Waals surface area contributed by atoms with E-state index in [1.165, 1.54) is 33.7 Å². The molecule has 37 heavy (non-hydrogen) atoms. The molecule has 0 aromatic rings. The van der Waals surface area contributed by atoms with Crippen LogP contribution in [0.4, 0.5) is 0 Å². The van der Waals surface area contributed by atoms with Gasteiger partial charge < -0.3 is 33.5 Å². The molecule has 2 unspecified atom stereocenters. The van der Waals surface area contributed by atoms with Crippen LogP contribution < -0.4 is 0 Å². The van der Waals surface area contributed by atoms with Crippen molar-refractivity contribution in [2.24, 2.45) is 0 Å². The smallest absolute Gasteiger partial charge is 0.157 e. The average molecular weight is 509 g/mol. The number of ether oxygens (including phenoxy) is 5. The van der Waals surface area contributed by atoms with Gasteiger partial charge in [0.05, 0.1) is 40.6 Å². The van der Waals surface area contributed by atoms with Gasteiger partial charge in [0.25, 0.3) is 0 Å². The molecule has 7 nitrogen and oxygen atoms in total. The highest BCUT2D eigenvalue weighted by molar-refractivity contribution is 5.49. The topological polar surface area (TPSA) is 52.6 Å². The van der Waals surface area contributed by atoms with Crippen molar-refractivity contribution in [2.45, 2.75) is 63.6 Å². The van der Waals surface area contributed by atoms with E-state index < -0.39 is 0 Å². The molecule has 6 aliphatic rings. The van der Waals surface area contributed by atoms with Crippen LogP contribution in [0.2, 0.25) is 0 Å². The summed E-state index contributed by atoms with van der Waals surface area (Å²) in [6.45, 7) is 4.31. The van der Waals surface area contributed by atoms with Crippen molar-refractivity contribution in [3.63, 3.8) is 0 Å². The second-order valence-electron chi connectivity index (χ2n) is 10.8. The number of methoxy groups -OCH3 is 4. The van der Waals surface area contributed by atoms with Gasteiger partial charge >= 0.3 is 0 Å². The Kier molecular flexibility index (Phi) is 6.74. The van der Waals surface area contributed by atoms with Crippen LogP contribution in [0.1, 0.15) is 51.4 Å². The van der Waals surface area contributed by atoms with Gasteiger partial charge in [-0.05, 0) is 60.1 Å². The van der Waals surface area contributed by atoms with E-state index in [0.29, 0.717) is 0 Å². The molecule has 0 spiro atoms. The molecule has 4 aliphatic heterocycles. The first-order valence-corrected chi connectivity index (χ1v) is 13.7. The molecule has 2 saturated heterocycles. The minimum atomic E-state index is 0.263. The highest BCUT2D eigenvalue weighted by Gasteiger charge is 2.37. The molecule has 0 bridgehead atoms. The van der Waals surface area contributed by atoms with Crippen LogP contribution in [-0.2, 0) is 23.7 Å². The highest BCUT2D eigenvalue weighted by atomic mass is 16.5. The predicted octanol–water partition coefficient (Wildman–Crippen LogP) is 4.92. The molecule has 6 rings (SSSR count). The lowest BCUT2D eigenvalue weighted by Crippen LogP contribution is -2.43. The van der Waals surface area contributed by atoms with Crippen LogP contribution in [0.3, 0.4) is 0 Å². The van der Waals surface area contributed by atoms with E-state index in [4.69, 9.17) is 23.7 Å². The second-order valence-corrected chi connectivity index (χ2v) is 10.8. The number of nitrogens with zero attached hydrogens (tertiary/aromatic N) is 2. The number of allylic oxidation sites excluding steroid dienone is 4. The normalized spacial score (nSPS) is 27.7. The third-order valence-corrected chi connectivity index (χ3v) is 8.97. The summed E-state index contributed by atoms with van der Waals surface area (Å²) in [6.07, 6.45) is 12.8. The zero-order valence-electron chi connectivity index (χ0n) is 22.7. The Hall–Kier alpha value is -2.80. The van der Waals surface area contributed by atoms with Crippen molar-refractivity contribution in [1.82, 2.24) is 9.80 Å². The summed E-state index contributed by atoms with van der Waals surface area (Å²) in [7, 11) is 6.94. The molecule has 0 aromatic carbocycles. The van der Waals surface area contributed by atoms with E-state index >= 15 is 0 Å². The van der Waals surface area contributed by atoms with E-state index in [1.54, 1.807) is 28.4 Å². The molecule has 2 fully saturated rings. The Labute approximate surface area is 220 Å². The highest BCUT2D eigenvalue weighted by Crippen LogP contribution is 2.43. The lowest BCUT2D eigenvalue weighted by Gasteiger charge is -2.45. The number of piperidine rings is 2. The monoisotopic (exact) mass is 508 g/mol. The lowest BCUT2D eigenvalue weighted by molar-refractivity contribution is -0.0497. The molecule has 0 N–H and O–H groups in total. The fourth-order valence-corrected chi connectivity index (χ4v) is 6.99. The van der Waals surface area contributed by atoms with Crippen molar-refractivity contribution in [3.05, 3.63) is 68.9 Å². The van der Waals surface area contributed by atoms with Gasteiger partial charge in [0.15, 0.2) is 11.5 Å². The number of hydrogen-bond acceptors (Lipinski definition) is 7. The summed E-state index contributed by atoms with van der Waals surface area (Å²) in [5, 5.41) is 0. The Balaban J connectivity index is 1.19. The molecule has 0 saturated carbocycles.